The molecule has 0 amide bonds. The molecule has 3 heteroatoms. The summed E-state index contributed by atoms with van der Waals surface area (Å²) in [5.74, 6) is -0.818. The van der Waals surface area contributed by atoms with Gasteiger partial charge in [-0.15, -0.1) is 0 Å². The van der Waals surface area contributed by atoms with Crippen LogP contribution in [0.25, 0.3) is 0 Å². The Morgan fingerprint density at radius 3 is 2.64 bits per heavy atom. The highest BCUT2D eigenvalue weighted by Gasteiger charge is 2.35. The third kappa shape index (κ3) is 2.47. The van der Waals surface area contributed by atoms with Gasteiger partial charge in [0.15, 0.2) is 6.10 Å². The predicted octanol–water partition coefficient (Wildman–Crippen LogP) is 2.44. The van der Waals surface area contributed by atoms with Gasteiger partial charge in [0, 0.05) is 0 Å². The lowest BCUT2D eigenvalue weighted by atomic mass is 9.80. The highest BCUT2D eigenvalue weighted by atomic mass is 16.5. The first kappa shape index (κ1) is 11.5. The first-order chi connectivity index (χ1) is 6.47. The number of ether oxygens (including phenoxy) is 1. The Kier molecular flexibility index (Phi) is 3.53. The maximum absolute atomic E-state index is 10.8. The number of hydrogen-bond acceptors (Lipinski definition) is 2. The molecule has 1 aliphatic rings. The van der Waals surface area contributed by atoms with Gasteiger partial charge in [0.1, 0.15) is 0 Å². The van der Waals surface area contributed by atoms with E-state index in [1.165, 1.54) is 0 Å². The first-order valence-electron chi connectivity index (χ1n) is 5.35. The van der Waals surface area contributed by atoms with Crippen molar-refractivity contribution in [1.82, 2.24) is 0 Å². The molecule has 0 spiro atoms. The number of carboxylic acids is 1. The Hall–Kier alpha value is -0.570. The lowest BCUT2D eigenvalue weighted by molar-refractivity contribution is -0.167. The highest BCUT2D eigenvalue weighted by molar-refractivity contribution is 5.72. The van der Waals surface area contributed by atoms with E-state index in [1.807, 2.05) is 0 Å². The van der Waals surface area contributed by atoms with Gasteiger partial charge in [0.05, 0.1) is 6.10 Å². The Balaban J connectivity index is 2.60. The summed E-state index contributed by atoms with van der Waals surface area (Å²) in [7, 11) is 0. The van der Waals surface area contributed by atoms with Crippen LogP contribution in [0.15, 0.2) is 0 Å². The number of carbonyl (C=O) groups is 1. The summed E-state index contributed by atoms with van der Waals surface area (Å²) in [6.45, 7) is 6.40. The molecule has 14 heavy (non-hydrogen) atoms. The summed E-state index contributed by atoms with van der Waals surface area (Å²) in [4.78, 5) is 10.8. The van der Waals surface area contributed by atoms with E-state index in [1.54, 1.807) is 0 Å². The fraction of sp³-hybridized carbons (Fsp3) is 0.909. The molecule has 0 aliphatic carbocycles. The van der Waals surface area contributed by atoms with E-state index in [0.29, 0.717) is 6.42 Å². The van der Waals surface area contributed by atoms with E-state index >= 15 is 0 Å². The van der Waals surface area contributed by atoms with Gasteiger partial charge >= 0.3 is 5.97 Å². The van der Waals surface area contributed by atoms with E-state index in [9.17, 15) is 4.79 Å². The lowest BCUT2D eigenvalue weighted by Crippen LogP contribution is -2.41. The second-order valence-electron chi connectivity index (χ2n) is 4.72. The van der Waals surface area contributed by atoms with Gasteiger partial charge in [0.2, 0.25) is 0 Å². The molecule has 1 rings (SSSR count). The van der Waals surface area contributed by atoms with Crippen LogP contribution in [0.1, 0.15) is 46.5 Å². The predicted molar refractivity (Wildman–Crippen MR) is 54.2 cm³/mol. The van der Waals surface area contributed by atoms with Gasteiger partial charge < -0.3 is 9.84 Å². The van der Waals surface area contributed by atoms with Crippen molar-refractivity contribution in [2.45, 2.75) is 58.7 Å². The number of carboxylic acid groups (broad SMARTS) is 1. The van der Waals surface area contributed by atoms with E-state index in [2.05, 4.69) is 20.8 Å². The molecule has 82 valence electrons. The molecule has 1 saturated heterocycles. The van der Waals surface area contributed by atoms with Crippen LogP contribution >= 0.6 is 0 Å². The van der Waals surface area contributed by atoms with Crippen molar-refractivity contribution < 1.29 is 14.6 Å². The Morgan fingerprint density at radius 1 is 1.50 bits per heavy atom. The first-order valence-corrected chi connectivity index (χ1v) is 5.35. The molecule has 2 atom stereocenters. The molecular weight excluding hydrogens is 180 g/mol. The largest absolute Gasteiger partial charge is 0.479 e. The van der Waals surface area contributed by atoms with Crippen LogP contribution in [0.3, 0.4) is 0 Å². The molecule has 0 bridgehead atoms. The summed E-state index contributed by atoms with van der Waals surface area (Å²) < 4.78 is 5.60. The summed E-state index contributed by atoms with van der Waals surface area (Å²) in [5.41, 5.74) is 0.0914. The van der Waals surface area contributed by atoms with Gasteiger partial charge in [-0.05, 0) is 31.1 Å². The number of rotatable bonds is 3. The molecule has 0 aromatic carbocycles. The molecule has 0 aromatic heterocycles. The lowest BCUT2D eigenvalue weighted by Gasteiger charge is -2.38. The van der Waals surface area contributed by atoms with Crippen molar-refractivity contribution in [2.24, 2.45) is 5.41 Å². The average Bonchev–Trinajstić information content (AvgIpc) is 2.18. The fourth-order valence-electron chi connectivity index (χ4n) is 1.81. The van der Waals surface area contributed by atoms with Crippen molar-refractivity contribution in [3.63, 3.8) is 0 Å². The summed E-state index contributed by atoms with van der Waals surface area (Å²) >= 11 is 0. The van der Waals surface area contributed by atoms with Gasteiger partial charge in [-0.1, -0.05) is 20.8 Å². The van der Waals surface area contributed by atoms with E-state index in [0.717, 1.165) is 19.3 Å². The standard InChI is InChI=1S/C11H20O3/c1-4-11(2,3)9-7-5-6-8(14-9)10(12)13/h8-9H,4-7H2,1-3H3,(H,12,13). The van der Waals surface area contributed by atoms with Gasteiger partial charge in [-0.3, -0.25) is 0 Å². The average molecular weight is 200 g/mol. The van der Waals surface area contributed by atoms with Crippen LogP contribution < -0.4 is 0 Å². The molecule has 0 radical (unpaired) electrons. The maximum Gasteiger partial charge on any atom is 0.332 e. The van der Waals surface area contributed by atoms with Crippen molar-refractivity contribution >= 4 is 5.97 Å². The summed E-state index contributed by atoms with van der Waals surface area (Å²) in [6, 6.07) is 0. The van der Waals surface area contributed by atoms with Gasteiger partial charge in [-0.25, -0.2) is 4.79 Å². The van der Waals surface area contributed by atoms with Gasteiger partial charge in [-0.2, -0.15) is 0 Å². The van der Waals surface area contributed by atoms with Crippen LogP contribution in [-0.4, -0.2) is 23.3 Å². The zero-order valence-electron chi connectivity index (χ0n) is 9.25. The molecule has 2 unspecified atom stereocenters. The zero-order valence-corrected chi connectivity index (χ0v) is 9.25. The Morgan fingerprint density at radius 2 is 2.14 bits per heavy atom. The van der Waals surface area contributed by atoms with E-state index < -0.39 is 12.1 Å². The van der Waals surface area contributed by atoms with Gasteiger partial charge in [0.25, 0.3) is 0 Å². The van der Waals surface area contributed by atoms with E-state index in [4.69, 9.17) is 9.84 Å². The Bertz CT molecular complexity index is 211. The van der Waals surface area contributed by atoms with Crippen molar-refractivity contribution in [2.75, 3.05) is 0 Å². The highest BCUT2D eigenvalue weighted by Crippen LogP contribution is 2.34. The SMILES string of the molecule is CCC(C)(C)C1CCCC(C(=O)O)O1. The molecular formula is C11H20O3. The number of hydrogen-bond donors (Lipinski definition) is 1. The summed E-state index contributed by atoms with van der Waals surface area (Å²) in [6.07, 6.45) is 3.15. The smallest absolute Gasteiger partial charge is 0.332 e. The third-order valence-electron chi connectivity index (χ3n) is 3.32. The van der Waals surface area contributed by atoms with Crippen LogP contribution in [0.5, 0.6) is 0 Å². The van der Waals surface area contributed by atoms with Crippen LogP contribution in [-0.2, 0) is 9.53 Å². The normalized spacial score (nSPS) is 28.8. The molecule has 1 aliphatic heterocycles. The zero-order chi connectivity index (χ0) is 10.8. The summed E-state index contributed by atoms with van der Waals surface area (Å²) in [5, 5.41) is 8.87. The van der Waals surface area contributed by atoms with Crippen LogP contribution in [0.4, 0.5) is 0 Å². The van der Waals surface area contributed by atoms with Crippen molar-refractivity contribution in [3.05, 3.63) is 0 Å². The molecule has 1 N–H and O–H groups in total. The van der Waals surface area contributed by atoms with Crippen LogP contribution in [0, 0.1) is 5.41 Å². The third-order valence-corrected chi connectivity index (χ3v) is 3.32. The quantitative estimate of drug-likeness (QED) is 0.761. The second-order valence-corrected chi connectivity index (χ2v) is 4.72. The monoisotopic (exact) mass is 200 g/mol. The number of aliphatic carboxylic acids is 1. The van der Waals surface area contributed by atoms with E-state index in [-0.39, 0.29) is 11.5 Å². The van der Waals surface area contributed by atoms with Crippen molar-refractivity contribution in [3.8, 4) is 0 Å². The minimum Gasteiger partial charge on any atom is -0.479 e. The molecule has 3 nitrogen and oxygen atoms in total. The van der Waals surface area contributed by atoms with Crippen LogP contribution in [0.2, 0.25) is 0 Å². The maximum atomic E-state index is 10.8. The Labute approximate surface area is 85.5 Å². The molecule has 1 fully saturated rings. The second kappa shape index (κ2) is 4.30. The fourth-order valence-corrected chi connectivity index (χ4v) is 1.81. The minimum atomic E-state index is -0.818. The molecule has 0 aromatic rings. The molecule has 0 saturated carbocycles. The molecule has 1 heterocycles. The minimum absolute atomic E-state index is 0.0914. The van der Waals surface area contributed by atoms with Crippen molar-refractivity contribution in [1.29, 1.82) is 0 Å². The topological polar surface area (TPSA) is 46.5 Å².